The zero-order valence-corrected chi connectivity index (χ0v) is 14.6. The molecule has 0 spiro atoms. The molecule has 3 rings (SSSR count). The zero-order chi connectivity index (χ0) is 18.7. The number of hydrogen-bond donors (Lipinski definition) is 2. The van der Waals surface area contributed by atoms with Crippen LogP contribution in [0, 0.1) is 11.6 Å². The molecule has 0 atom stereocenters. The van der Waals surface area contributed by atoms with Crippen LogP contribution in [0.3, 0.4) is 0 Å². The summed E-state index contributed by atoms with van der Waals surface area (Å²) in [4.78, 5) is 16.3. The van der Waals surface area contributed by atoms with Gasteiger partial charge in [-0.25, -0.2) is 13.8 Å². The van der Waals surface area contributed by atoms with Crippen molar-refractivity contribution in [3.8, 4) is 0 Å². The molecule has 0 aliphatic carbocycles. The summed E-state index contributed by atoms with van der Waals surface area (Å²) in [5.74, 6) is -1.44. The number of nitrogens with zero attached hydrogens (tertiary/aromatic N) is 1. The number of carbonyl (C=O) groups excluding carboxylic acids is 1. The number of amides is 1. The predicted octanol–water partition coefficient (Wildman–Crippen LogP) is 5.66. The molecule has 2 N–H and O–H groups in total. The summed E-state index contributed by atoms with van der Waals surface area (Å²) < 4.78 is 26.5. The van der Waals surface area contributed by atoms with Gasteiger partial charge in [0.25, 0.3) is 5.91 Å². The topological polar surface area (TPSA) is 54.0 Å². The molecule has 4 nitrogen and oxygen atoms in total. The number of carbonyl (C=O) groups is 1. The molecular formula is C18H11Cl2F2N3O. The van der Waals surface area contributed by atoms with Crippen LogP contribution in [0.1, 0.15) is 10.4 Å². The minimum atomic E-state index is -0.733. The lowest BCUT2D eigenvalue weighted by molar-refractivity contribution is 0.102. The molecule has 26 heavy (non-hydrogen) atoms. The molecule has 1 heterocycles. The third-order valence-electron chi connectivity index (χ3n) is 3.40. The Balaban J connectivity index is 1.69. The highest BCUT2D eigenvalue weighted by atomic mass is 35.5. The lowest BCUT2D eigenvalue weighted by Crippen LogP contribution is -2.12. The molecule has 8 heteroatoms. The van der Waals surface area contributed by atoms with Gasteiger partial charge in [-0.15, -0.1) is 0 Å². The molecule has 0 bridgehead atoms. The number of aromatic nitrogens is 1. The fourth-order valence-corrected chi connectivity index (χ4v) is 2.41. The molecule has 2 aromatic carbocycles. The average molecular weight is 394 g/mol. The summed E-state index contributed by atoms with van der Waals surface area (Å²) in [6, 6.07) is 10.8. The molecule has 0 radical (unpaired) electrons. The minimum Gasteiger partial charge on any atom is -0.338 e. The largest absolute Gasteiger partial charge is 0.338 e. The van der Waals surface area contributed by atoms with E-state index in [1.54, 1.807) is 18.2 Å². The summed E-state index contributed by atoms with van der Waals surface area (Å²) >= 11 is 11.7. The van der Waals surface area contributed by atoms with E-state index < -0.39 is 11.6 Å². The Hall–Kier alpha value is -2.70. The third kappa shape index (κ3) is 4.28. The van der Waals surface area contributed by atoms with Crippen LogP contribution in [0.25, 0.3) is 0 Å². The van der Waals surface area contributed by atoms with Gasteiger partial charge in [-0.05, 0) is 42.5 Å². The molecule has 0 unspecified atom stereocenters. The van der Waals surface area contributed by atoms with E-state index in [4.69, 9.17) is 23.2 Å². The Labute approximate surface area is 157 Å². The first kappa shape index (κ1) is 18.1. The van der Waals surface area contributed by atoms with E-state index in [0.717, 1.165) is 12.1 Å². The normalized spacial score (nSPS) is 10.5. The Kier molecular flexibility index (Phi) is 5.35. The van der Waals surface area contributed by atoms with E-state index in [-0.39, 0.29) is 16.6 Å². The number of rotatable bonds is 4. The van der Waals surface area contributed by atoms with Gasteiger partial charge >= 0.3 is 0 Å². The van der Waals surface area contributed by atoms with Crippen LogP contribution < -0.4 is 10.6 Å². The highest BCUT2D eigenvalue weighted by molar-refractivity contribution is 6.42. The molecule has 1 aromatic heterocycles. The smallest absolute Gasteiger partial charge is 0.255 e. The fourth-order valence-electron chi connectivity index (χ4n) is 2.11. The molecule has 0 saturated carbocycles. The minimum absolute atomic E-state index is 0.0893. The van der Waals surface area contributed by atoms with Gasteiger partial charge in [0.1, 0.15) is 17.5 Å². The van der Waals surface area contributed by atoms with E-state index in [1.165, 1.54) is 24.4 Å². The van der Waals surface area contributed by atoms with Crippen LogP contribution in [-0.4, -0.2) is 10.9 Å². The average Bonchev–Trinajstić information content (AvgIpc) is 2.61. The molecule has 3 aromatic rings. The summed E-state index contributed by atoms with van der Waals surface area (Å²) in [7, 11) is 0. The van der Waals surface area contributed by atoms with Crippen molar-refractivity contribution >= 4 is 46.3 Å². The van der Waals surface area contributed by atoms with E-state index >= 15 is 0 Å². The number of anilines is 3. The van der Waals surface area contributed by atoms with Crippen LogP contribution >= 0.6 is 23.2 Å². The SMILES string of the molecule is O=C(Nc1ccc(Nc2ccc(F)cc2F)nc1)c1ccc(Cl)c(Cl)c1. The van der Waals surface area contributed by atoms with E-state index in [0.29, 0.717) is 22.1 Å². The van der Waals surface area contributed by atoms with Crippen molar-refractivity contribution in [2.24, 2.45) is 0 Å². The highest BCUT2D eigenvalue weighted by Gasteiger charge is 2.09. The van der Waals surface area contributed by atoms with Crippen molar-refractivity contribution in [1.29, 1.82) is 0 Å². The first-order valence-corrected chi connectivity index (χ1v) is 8.12. The second-order valence-corrected chi connectivity index (χ2v) is 6.08. The number of nitrogens with one attached hydrogen (secondary N) is 2. The second kappa shape index (κ2) is 7.68. The van der Waals surface area contributed by atoms with Gasteiger partial charge in [-0.3, -0.25) is 4.79 Å². The fraction of sp³-hybridized carbons (Fsp3) is 0. The number of benzene rings is 2. The molecule has 1 amide bonds. The first-order chi connectivity index (χ1) is 12.4. The number of pyridine rings is 1. The van der Waals surface area contributed by atoms with Gasteiger partial charge in [0.05, 0.1) is 27.6 Å². The summed E-state index contributed by atoms with van der Waals surface area (Å²) in [6.07, 6.45) is 1.40. The maximum atomic E-state index is 13.6. The van der Waals surface area contributed by atoms with Gasteiger partial charge in [-0.1, -0.05) is 23.2 Å². The van der Waals surface area contributed by atoms with Crippen molar-refractivity contribution in [1.82, 2.24) is 4.98 Å². The molecular weight excluding hydrogens is 383 g/mol. The van der Waals surface area contributed by atoms with Crippen molar-refractivity contribution in [2.75, 3.05) is 10.6 Å². The lowest BCUT2D eigenvalue weighted by atomic mass is 10.2. The van der Waals surface area contributed by atoms with E-state index in [2.05, 4.69) is 15.6 Å². The maximum Gasteiger partial charge on any atom is 0.255 e. The molecule has 132 valence electrons. The number of hydrogen-bond acceptors (Lipinski definition) is 3. The monoisotopic (exact) mass is 393 g/mol. The zero-order valence-electron chi connectivity index (χ0n) is 13.1. The predicted molar refractivity (Wildman–Crippen MR) is 98.3 cm³/mol. The molecule has 0 saturated heterocycles. The quantitative estimate of drug-likeness (QED) is 0.600. The number of halogens is 4. The first-order valence-electron chi connectivity index (χ1n) is 7.37. The van der Waals surface area contributed by atoms with Gasteiger partial charge < -0.3 is 10.6 Å². The molecule has 0 aliphatic rings. The van der Waals surface area contributed by atoms with Gasteiger partial charge in [0, 0.05) is 11.6 Å². The Morgan fingerprint density at radius 2 is 1.77 bits per heavy atom. The van der Waals surface area contributed by atoms with E-state index in [9.17, 15) is 13.6 Å². The molecule has 0 aliphatic heterocycles. The van der Waals surface area contributed by atoms with Crippen molar-refractivity contribution in [2.45, 2.75) is 0 Å². The maximum absolute atomic E-state index is 13.6. The summed E-state index contributed by atoms with van der Waals surface area (Å²) in [6.45, 7) is 0. The van der Waals surface area contributed by atoms with Gasteiger partial charge in [0.15, 0.2) is 0 Å². The van der Waals surface area contributed by atoms with Crippen LogP contribution in [0.4, 0.5) is 26.0 Å². The van der Waals surface area contributed by atoms with Crippen molar-refractivity contribution in [3.63, 3.8) is 0 Å². The Morgan fingerprint density at radius 3 is 2.42 bits per heavy atom. The standard InChI is InChI=1S/C18H11Cl2F2N3O/c19-13-4-1-10(7-14(13)20)18(26)24-12-3-6-17(23-9-12)25-16-5-2-11(21)8-15(16)22/h1-9H,(H,23,25)(H,24,26). The van der Waals surface area contributed by atoms with Crippen molar-refractivity contribution < 1.29 is 13.6 Å². The third-order valence-corrected chi connectivity index (χ3v) is 4.14. The summed E-state index contributed by atoms with van der Waals surface area (Å²) in [5.41, 5.74) is 0.868. The van der Waals surface area contributed by atoms with Crippen LogP contribution in [0.5, 0.6) is 0 Å². The van der Waals surface area contributed by atoms with Crippen LogP contribution in [-0.2, 0) is 0 Å². The van der Waals surface area contributed by atoms with Crippen molar-refractivity contribution in [3.05, 3.63) is 82.0 Å². The Bertz CT molecular complexity index is 965. The van der Waals surface area contributed by atoms with Gasteiger partial charge in [0.2, 0.25) is 0 Å². The lowest BCUT2D eigenvalue weighted by Gasteiger charge is -2.09. The summed E-state index contributed by atoms with van der Waals surface area (Å²) in [5, 5.41) is 6.02. The highest BCUT2D eigenvalue weighted by Crippen LogP contribution is 2.24. The Morgan fingerprint density at radius 1 is 0.962 bits per heavy atom. The van der Waals surface area contributed by atoms with E-state index in [1.807, 2.05) is 0 Å². The van der Waals surface area contributed by atoms with Crippen LogP contribution in [0.2, 0.25) is 10.0 Å². The van der Waals surface area contributed by atoms with Crippen LogP contribution in [0.15, 0.2) is 54.7 Å². The molecule has 0 fully saturated rings. The van der Waals surface area contributed by atoms with Gasteiger partial charge in [-0.2, -0.15) is 0 Å². The second-order valence-electron chi connectivity index (χ2n) is 5.26.